The number of carbonyl (C=O) groups excluding carboxylic acids is 1. The van der Waals surface area contributed by atoms with E-state index in [2.05, 4.69) is 31.0 Å². The number of hydrogen-bond acceptors (Lipinski definition) is 2. The highest BCUT2D eigenvalue weighted by Crippen LogP contribution is 2.09. The molecule has 1 rings (SSSR count). The third-order valence-corrected chi connectivity index (χ3v) is 2.35. The molecule has 0 heterocycles. The van der Waals surface area contributed by atoms with Gasteiger partial charge in [0.15, 0.2) is 0 Å². The number of carbonyl (C=O) groups is 1. The monoisotopic (exact) mass is 244 g/mol. The van der Waals surface area contributed by atoms with E-state index in [9.17, 15) is 4.79 Å². The van der Waals surface area contributed by atoms with Gasteiger partial charge in [-0.15, -0.1) is 0 Å². The number of aryl methyl sites for hydroxylation is 1. The number of hydrogen-bond donors (Lipinski definition) is 2. The maximum absolute atomic E-state index is 11.9. The lowest BCUT2D eigenvalue weighted by Gasteiger charge is -2.08. The van der Waals surface area contributed by atoms with Crippen molar-refractivity contribution in [3.8, 4) is 11.8 Å². The molecule has 0 aliphatic heterocycles. The van der Waals surface area contributed by atoms with Gasteiger partial charge in [0.1, 0.15) is 0 Å². The summed E-state index contributed by atoms with van der Waals surface area (Å²) in [6.07, 6.45) is 0. The molecule has 3 N–H and O–H groups in total. The minimum absolute atomic E-state index is 0.0526. The molecule has 0 saturated heterocycles. The van der Waals surface area contributed by atoms with Gasteiger partial charge in [0.05, 0.1) is 6.54 Å². The van der Waals surface area contributed by atoms with E-state index in [0.717, 1.165) is 11.1 Å². The van der Waals surface area contributed by atoms with Crippen molar-refractivity contribution >= 4 is 5.91 Å². The molecule has 0 fully saturated rings. The summed E-state index contributed by atoms with van der Waals surface area (Å²) in [5, 5.41) is 2.90. The van der Waals surface area contributed by atoms with Crippen molar-refractivity contribution in [1.29, 1.82) is 0 Å². The lowest BCUT2D eigenvalue weighted by Crippen LogP contribution is -2.27. The lowest BCUT2D eigenvalue weighted by atomic mass is 10.1. The van der Waals surface area contributed by atoms with Gasteiger partial charge in [-0.2, -0.15) is 0 Å². The van der Waals surface area contributed by atoms with Crippen LogP contribution in [0.4, 0.5) is 0 Å². The summed E-state index contributed by atoms with van der Waals surface area (Å²) in [5.41, 5.74) is 7.84. The second-order valence-electron chi connectivity index (χ2n) is 4.70. The molecular weight excluding hydrogens is 224 g/mol. The Bertz CT molecular complexity index is 481. The first-order chi connectivity index (χ1) is 8.52. The SMILES string of the molecule is Cc1cc(C#CCN)cc(C(=O)NCC(C)C)c1. The largest absolute Gasteiger partial charge is 0.352 e. The first-order valence-corrected chi connectivity index (χ1v) is 6.11. The van der Waals surface area contributed by atoms with Crippen molar-refractivity contribution in [2.75, 3.05) is 13.1 Å². The highest BCUT2D eigenvalue weighted by molar-refractivity contribution is 5.94. The molecule has 0 unspecified atom stereocenters. The predicted octanol–water partition coefficient (Wildman–Crippen LogP) is 1.69. The maximum Gasteiger partial charge on any atom is 0.251 e. The molecule has 0 spiro atoms. The topological polar surface area (TPSA) is 55.1 Å². The van der Waals surface area contributed by atoms with E-state index in [1.165, 1.54) is 0 Å². The first-order valence-electron chi connectivity index (χ1n) is 6.11. The van der Waals surface area contributed by atoms with Crippen molar-refractivity contribution in [3.63, 3.8) is 0 Å². The van der Waals surface area contributed by atoms with Crippen molar-refractivity contribution in [2.24, 2.45) is 11.7 Å². The van der Waals surface area contributed by atoms with Crippen LogP contribution in [0.5, 0.6) is 0 Å². The average molecular weight is 244 g/mol. The summed E-state index contributed by atoms with van der Waals surface area (Å²) in [5.74, 6) is 6.13. The molecule has 0 aromatic heterocycles. The van der Waals surface area contributed by atoms with Crippen LogP contribution in [0.2, 0.25) is 0 Å². The van der Waals surface area contributed by atoms with E-state index in [4.69, 9.17) is 5.73 Å². The van der Waals surface area contributed by atoms with Gasteiger partial charge in [-0.1, -0.05) is 25.7 Å². The molecule has 1 aromatic rings. The van der Waals surface area contributed by atoms with E-state index >= 15 is 0 Å². The summed E-state index contributed by atoms with van der Waals surface area (Å²) in [4.78, 5) is 11.9. The zero-order valence-corrected chi connectivity index (χ0v) is 11.2. The molecule has 0 atom stereocenters. The van der Waals surface area contributed by atoms with Crippen LogP contribution in [0.3, 0.4) is 0 Å². The fourth-order valence-corrected chi connectivity index (χ4v) is 1.54. The quantitative estimate of drug-likeness (QED) is 0.795. The van der Waals surface area contributed by atoms with E-state index in [0.29, 0.717) is 24.6 Å². The van der Waals surface area contributed by atoms with Gasteiger partial charge < -0.3 is 11.1 Å². The van der Waals surface area contributed by atoms with Crippen LogP contribution in [0.1, 0.15) is 35.3 Å². The average Bonchev–Trinajstić information content (AvgIpc) is 2.32. The summed E-state index contributed by atoms with van der Waals surface area (Å²) in [6, 6.07) is 5.61. The molecule has 0 saturated carbocycles. The number of amides is 1. The smallest absolute Gasteiger partial charge is 0.251 e. The third-order valence-electron chi connectivity index (χ3n) is 2.35. The molecule has 3 heteroatoms. The first kappa shape index (κ1) is 14.3. The van der Waals surface area contributed by atoms with Crippen LogP contribution >= 0.6 is 0 Å². The Hall–Kier alpha value is -1.79. The maximum atomic E-state index is 11.9. The normalized spacial score (nSPS) is 9.83. The fraction of sp³-hybridized carbons (Fsp3) is 0.400. The molecule has 1 amide bonds. The minimum Gasteiger partial charge on any atom is -0.352 e. The standard InChI is InChI=1S/C15H20N2O/c1-11(2)10-17-15(18)14-8-12(3)7-13(9-14)5-4-6-16/h7-9,11H,6,10,16H2,1-3H3,(H,17,18). The zero-order valence-electron chi connectivity index (χ0n) is 11.2. The van der Waals surface area contributed by atoms with Gasteiger partial charge in [-0.3, -0.25) is 4.79 Å². The second kappa shape index (κ2) is 6.83. The fourth-order valence-electron chi connectivity index (χ4n) is 1.54. The number of rotatable bonds is 3. The van der Waals surface area contributed by atoms with Crippen LogP contribution in [0.25, 0.3) is 0 Å². The van der Waals surface area contributed by atoms with Gasteiger partial charge in [0.25, 0.3) is 5.91 Å². The highest BCUT2D eigenvalue weighted by atomic mass is 16.1. The molecule has 96 valence electrons. The highest BCUT2D eigenvalue weighted by Gasteiger charge is 2.07. The molecular formula is C15H20N2O. The number of benzene rings is 1. The molecule has 0 aliphatic rings. The van der Waals surface area contributed by atoms with Gasteiger partial charge in [-0.25, -0.2) is 0 Å². The van der Waals surface area contributed by atoms with Crippen LogP contribution in [-0.4, -0.2) is 19.0 Å². The zero-order chi connectivity index (χ0) is 13.5. The Labute approximate surface area is 109 Å². The Balaban J connectivity index is 2.88. The van der Waals surface area contributed by atoms with Crippen LogP contribution in [0, 0.1) is 24.7 Å². The van der Waals surface area contributed by atoms with Crippen molar-refractivity contribution in [1.82, 2.24) is 5.32 Å². The Morgan fingerprint density at radius 3 is 2.72 bits per heavy atom. The summed E-state index contributed by atoms with van der Waals surface area (Å²) < 4.78 is 0. The van der Waals surface area contributed by atoms with Gasteiger partial charge in [-0.05, 0) is 36.6 Å². The molecule has 18 heavy (non-hydrogen) atoms. The van der Waals surface area contributed by atoms with Crippen LogP contribution < -0.4 is 11.1 Å². The van der Waals surface area contributed by atoms with Gasteiger partial charge >= 0.3 is 0 Å². The number of nitrogens with two attached hydrogens (primary N) is 1. The Morgan fingerprint density at radius 2 is 2.11 bits per heavy atom. The van der Waals surface area contributed by atoms with Crippen molar-refractivity contribution in [2.45, 2.75) is 20.8 Å². The van der Waals surface area contributed by atoms with Gasteiger partial charge in [0.2, 0.25) is 0 Å². The molecule has 0 radical (unpaired) electrons. The predicted molar refractivity (Wildman–Crippen MR) is 74.3 cm³/mol. The van der Waals surface area contributed by atoms with Crippen LogP contribution in [0.15, 0.2) is 18.2 Å². The van der Waals surface area contributed by atoms with E-state index < -0.39 is 0 Å². The van der Waals surface area contributed by atoms with Crippen molar-refractivity contribution in [3.05, 3.63) is 34.9 Å². The summed E-state index contributed by atoms with van der Waals surface area (Å²) >= 11 is 0. The van der Waals surface area contributed by atoms with E-state index in [1.807, 2.05) is 19.1 Å². The van der Waals surface area contributed by atoms with Crippen LogP contribution in [-0.2, 0) is 0 Å². The summed E-state index contributed by atoms with van der Waals surface area (Å²) in [6.45, 7) is 7.08. The summed E-state index contributed by atoms with van der Waals surface area (Å²) in [7, 11) is 0. The van der Waals surface area contributed by atoms with E-state index in [-0.39, 0.29) is 5.91 Å². The molecule has 0 aliphatic carbocycles. The second-order valence-corrected chi connectivity index (χ2v) is 4.70. The van der Waals surface area contributed by atoms with Crippen molar-refractivity contribution < 1.29 is 4.79 Å². The number of nitrogens with one attached hydrogen (secondary N) is 1. The third kappa shape index (κ3) is 4.60. The van der Waals surface area contributed by atoms with Gasteiger partial charge in [0, 0.05) is 17.7 Å². The van der Waals surface area contributed by atoms with E-state index in [1.54, 1.807) is 6.07 Å². The minimum atomic E-state index is -0.0526. The lowest BCUT2D eigenvalue weighted by molar-refractivity contribution is 0.0949. The Kier molecular flexibility index (Phi) is 5.41. The molecule has 3 nitrogen and oxygen atoms in total. The molecule has 0 bridgehead atoms. The molecule has 1 aromatic carbocycles. The Morgan fingerprint density at radius 1 is 1.39 bits per heavy atom.